The Morgan fingerprint density at radius 3 is 1.81 bits per heavy atom. The molecule has 6 unspecified atom stereocenters. The fourth-order valence-electron chi connectivity index (χ4n) is 2.75. The number of hydrogen-bond acceptors (Lipinski definition) is 7. The second-order valence-corrected chi connectivity index (χ2v) is 8.27. The summed E-state index contributed by atoms with van der Waals surface area (Å²) in [7, 11) is 0. The molecule has 0 radical (unpaired) electrons. The predicted octanol–water partition coefficient (Wildman–Crippen LogP) is -1.80. The normalized spacial score (nSPS) is 16.8. The molecule has 0 aromatic heterocycles. The van der Waals surface area contributed by atoms with Crippen LogP contribution >= 0.6 is 0 Å². The van der Waals surface area contributed by atoms with E-state index in [-0.39, 0.29) is 18.8 Å². The van der Waals surface area contributed by atoms with Gasteiger partial charge in [0, 0.05) is 6.42 Å². The molecule has 12 heteroatoms. The van der Waals surface area contributed by atoms with Crippen molar-refractivity contribution in [1.29, 1.82) is 0 Å². The van der Waals surface area contributed by atoms with Gasteiger partial charge in [0.15, 0.2) is 0 Å². The Hall–Kier alpha value is -2.73. The van der Waals surface area contributed by atoms with E-state index in [1.165, 1.54) is 6.92 Å². The molecule has 0 aromatic rings. The first-order chi connectivity index (χ1) is 14.7. The van der Waals surface area contributed by atoms with Gasteiger partial charge in [-0.25, -0.2) is 4.79 Å². The van der Waals surface area contributed by atoms with Crippen molar-refractivity contribution in [3.63, 3.8) is 0 Å². The Morgan fingerprint density at radius 2 is 1.41 bits per heavy atom. The van der Waals surface area contributed by atoms with Crippen molar-refractivity contribution in [3.8, 4) is 0 Å². The van der Waals surface area contributed by atoms with Crippen LogP contribution in [0.5, 0.6) is 0 Å². The zero-order valence-corrected chi connectivity index (χ0v) is 19.3. The molecule has 4 amide bonds. The number of carbonyl (C=O) groups excluding carboxylic acids is 4. The largest absolute Gasteiger partial charge is 0.480 e. The van der Waals surface area contributed by atoms with Gasteiger partial charge in [-0.15, -0.1) is 0 Å². The van der Waals surface area contributed by atoms with Gasteiger partial charge >= 0.3 is 5.97 Å². The van der Waals surface area contributed by atoms with Gasteiger partial charge in [-0.05, 0) is 25.2 Å². The summed E-state index contributed by atoms with van der Waals surface area (Å²) in [4.78, 5) is 60.3. The average molecular weight is 460 g/mol. The van der Waals surface area contributed by atoms with E-state index in [2.05, 4.69) is 16.0 Å². The molecule has 0 fully saturated rings. The van der Waals surface area contributed by atoms with E-state index in [0.29, 0.717) is 6.42 Å². The van der Waals surface area contributed by atoms with Crippen LogP contribution < -0.4 is 27.4 Å². The number of carboxylic acids is 1. The van der Waals surface area contributed by atoms with Gasteiger partial charge < -0.3 is 37.6 Å². The molecule has 32 heavy (non-hydrogen) atoms. The highest BCUT2D eigenvalue weighted by Gasteiger charge is 2.33. The monoisotopic (exact) mass is 459 g/mol. The molecule has 0 aliphatic carbocycles. The second-order valence-electron chi connectivity index (χ2n) is 8.27. The SMILES string of the molecule is CCC(C)C(N)C(=O)NC(C(=O)NC(CCC(N)=O)C(=O)NC(C(=O)O)C(C)C)C(C)O. The molecule has 12 nitrogen and oxygen atoms in total. The van der Waals surface area contributed by atoms with E-state index in [0.717, 1.165) is 0 Å². The summed E-state index contributed by atoms with van der Waals surface area (Å²) in [5, 5.41) is 26.3. The first-order valence-electron chi connectivity index (χ1n) is 10.6. The number of aliphatic hydroxyl groups excluding tert-OH is 1. The first kappa shape index (κ1) is 29.3. The number of primary amides is 1. The van der Waals surface area contributed by atoms with Gasteiger partial charge in [-0.1, -0.05) is 34.1 Å². The van der Waals surface area contributed by atoms with Crippen molar-refractivity contribution >= 4 is 29.6 Å². The third kappa shape index (κ3) is 9.60. The van der Waals surface area contributed by atoms with Crippen LogP contribution in [0.1, 0.15) is 53.9 Å². The lowest BCUT2D eigenvalue weighted by atomic mass is 9.98. The number of nitrogens with two attached hydrogens (primary N) is 2. The number of rotatable bonds is 14. The number of carbonyl (C=O) groups is 5. The summed E-state index contributed by atoms with van der Waals surface area (Å²) in [5.41, 5.74) is 11.0. The Balaban J connectivity index is 5.53. The Bertz CT molecular complexity index is 683. The first-order valence-corrected chi connectivity index (χ1v) is 10.6. The molecule has 9 N–H and O–H groups in total. The highest BCUT2D eigenvalue weighted by molar-refractivity contribution is 5.94. The number of aliphatic hydroxyl groups is 1. The highest BCUT2D eigenvalue weighted by Crippen LogP contribution is 2.08. The summed E-state index contributed by atoms with van der Waals surface area (Å²) < 4.78 is 0. The number of aliphatic carboxylic acids is 1. The van der Waals surface area contributed by atoms with Crippen molar-refractivity contribution in [2.75, 3.05) is 0 Å². The summed E-state index contributed by atoms with van der Waals surface area (Å²) >= 11 is 0. The molecule has 0 bridgehead atoms. The number of carboxylic acid groups (broad SMARTS) is 1. The zero-order chi connectivity index (χ0) is 25.2. The van der Waals surface area contributed by atoms with E-state index in [1.54, 1.807) is 20.8 Å². The summed E-state index contributed by atoms with van der Waals surface area (Å²) in [6.07, 6.45) is -1.17. The van der Waals surface area contributed by atoms with E-state index in [1.807, 2.05) is 6.92 Å². The summed E-state index contributed by atoms with van der Waals surface area (Å²) in [6.45, 7) is 8.07. The maximum absolute atomic E-state index is 12.8. The Kier molecular flexibility index (Phi) is 12.5. The highest BCUT2D eigenvalue weighted by atomic mass is 16.4. The molecule has 0 rings (SSSR count). The molecular weight excluding hydrogens is 422 g/mol. The van der Waals surface area contributed by atoms with Gasteiger partial charge in [-0.2, -0.15) is 0 Å². The lowest BCUT2D eigenvalue weighted by Gasteiger charge is -2.27. The lowest BCUT2D eigenvalue weighted by Crippen LogP contribution is -2.60. The van der Waals surface area contributed by atoms with Crippen molar-refractivity contribution in [2.24, 2.45) is 23.3 Å². The van der Waals surface area contributed by atoms with Gasteiger partial charge in [0.1, 0.15) is 18.1 Å². The van der Waals surface area contributed by atoms with Crippen molar-refractivity contribution in [3.05, 3.63) is 0 Å². The van der Waals surface area contributed by atoms with Crippen LogP contribution in [0.3, 0.4) is 0 Å². The van der Waals surface area contributed by atoms with E-state index < -0.39 is 65.8 Å². The quantitative estimate of drug-likeness (QED) is 0.157. The zero-order valence-electron chi connectivity index (χ0n) is 19.3. The van der Waals surface area contributed by atoms with E-state index in [9.17, 15) is 34.2 Å². The topological polar surface area (TPSA) is 214 Å². The second kappa shape index (κ2) is 13.6. The minimum Gasteiger partial charge on any atom is -0.480 e. The van der Waals surface area contributed by atoms with Crippen LogP contribution in [0.15, 0.2) is 0 Å². The fourth-order valence-corrected chi connectivity index (χ4v) is 2.75. The van der Waals surface area contributed by atoms with Gasteiger partial charge in [0.2, 0.25) is 23.6 Å². The molecule has 0 aliphatic rings. The van der Waals surface area contributed by atoms with Crippen LogP contribution in [-0.4, -0.2) is 70.1 Å². The van der Waals surface area contributed by atoms with Crippen LogP contribution in [0, 0.1) is 11.8 Å². The molecule has 0 spiro atoms. The van der Waals surface area contributed by atoms with E-state index >= 15 is 0 Å². The van der Waals surface area contributed by atoms with Crippen LogP contribution in [0.25, 0.3) is 0 Å². The molecule has 184 valence electrons. The van der Waals surface area contributed by atoms with Gasteiger partial charge in [0.25, 0.3) is 0 Å². The standard InChI is InChI=1S/C20H37N5O7/c1-6-10(4)14(22)18(29)25-16(11(5)26)19(30)23-12(7-8-13(21)27)17(28)24-15(9(2)3)20(31)32/h9-12,14-16,26H,6-8,22H2,1-5H3,(H2,21,27)(H,23,30)(H,24,28)(H,25,29)(H,31,32). The molecule has 6 atom stereocenters. The average Bonchev–Trinajstić information content (AvgIpc) is 2.70. The van der Waals surface area contributed by atoms with Gasteiger partial charge in [0.05, 0.1) is 12.1 Å². The maximum Gasteiger partial charge on any atom is 0.326 e. The molecule has 0 saturated carbocycles. The number of hydrogen-bond donors (Lipinski definition) is 7. The van der Waals surface area contributed by atoms with Crippen molar-refractivity contribution in [1.82, 2.24) is 16.0 Å². The van der Waals surface area contributed by atoms with E-state index in [4.69, 9.17) is 11.5 Å². The third-order valence-corrected chi connectivity index (χ3v) is 5.17. The number of amides is 4. The summed E-state index contributed by atoms with van der Waals surface area (Å²) in [5.74, 6) is -5.00. The van der Waals surface area contributed by atoms with Crippen LogP contribution in [0.2, 0.25) is 0 Å². The van der Waals surface area contributed by atoms with Gasteiger partial charge in [-0.3, -0.25) is 19.2 Å². The third-order valence-electron chi connectivity index (χ3n) is 5.17. The maximum atomic E-state index is 12.8. The predicted molar refractivity (Wildman–Crippen MR) is 116 cm³/mol. The summed E-state index contributed by atoms with van der Waals surface area (Å²) in [6, 6.07) is -4.89. The molecular formula is C20H37N5O7. The Labute approximate surface area is 187 Å². The molecule has 0 heterocycles. The Morgan fingerprint density at radius 1 is 0.875 bits per heavy atom. The lowest BCUT2D eigenvalue weighted by molar-refractivity contribution is -0.143. The van der Waals surface area contributed by atoms with Crippen LogP contribution in [-0.2, 0) is 24.0 Å². The minimum absolute atomic E-state index is 0.175. The van der Waals surface area contributed by atoms with Crippen molar-refractivity contribution in [2.45, 2.75) is 84.2 Å². The van der Waals surface area contributed by atoms with Crippen molar-refractivity contribution < 1.29 is 34.2 Å². The smallest absolute Gasteiger partial charge is 0.326 e. The minimum atomic E-state index is -1.43. The molecule has 0 aliphatic heterocycles. The number of nitrogens with one attached hydrogen (secondary N) is 3. The molecule has 0 aromatic carbocycles. The fraction of sp³-hybridized carbons (Fsp3) is 0.750. The molecule has 0 saturated heterocycles. The van der Waals surface area contributed by atoms with Crippen LogP contribution in [0.4, 0.5) is 0 Å².